The third-order valence-corrected chi connectivity index (χ3v) is 4.54. The maximum atomic E-state index is 13.8. The van der Waals surface area contributed by atoms with Crippen LogP contribution >= 0.6 is 15.9 Å². The molecule has 7 heteroatoms. The van der Waals surface area contributed by atoms with Crippen LogP contribution in [-0.2, 0) is 11.3 Å². The molecule has 1 atom stereocenters. The number of hydrogen-bond donors (Lipinski definition) is 2. The van der Waals surface area contributed by atoms with Crippen molar-refractivity contribution in [3.8, 4) is 0 Å². The molecule has 1 fully saturated rings. The van der Waals surface area contributed by atoms with Gasteiger partial charge >= 0.3 is 0 Å². The van der Waals surface area contributed by atoms with Gasteiger partial charge in [-0.3, -0.25) is 9.89 Å². The van der Waals surface area contributed by atoms with Gasteiger partial charge in [-0.05, 0) is 34.5 Å². The zero-order valence-corrected chi connectivity index (χ0v) is 13.4. The third kappa shape index (κ3) is 3.14. The smallest absolute Gasteiger partial charge is 0.225 e. The van der Waals surface area contributed by atoms with Crippen molar-refractivity contribution in [1.82, 2.24) is 15.5 Å². The Morgan fingerprint density at radius 3 is 3.05 bits per heavy atom. The molecule has 0 aliphatic carbocycles. The Kier molecular flexibility index (Phi) is 4.42. The quantitative estimate of drug-likeness (QED) is 0.873. The molecule has 1 aromatic carbocycles. The Morgan fingerprint density at radius 2 is 2.32 bits per heavy atom. The second-order valence-corrected chi connectivity index (χ2v) is 6.15. The molecule has 3 rings (SSSR count). The fraction of sp³-hybridized carbons (Fsp3) is 0.333. The predicted molar refractivity (Wildman–Crippen MR) is 84.9 cm³/mol. The predicted octanol–water partition coefficient (Wildman–Crippen LogP) is 2.45. The molecule has 0 bridgehead atoms. The molecule has 1 aliphatic heterocycles. The number of carbonyl (C=O) groups excluding carboxylic acids is 1. The Hall–Kier alpha value is -1.89. The summed E-state index contributed by atoms with van der Waals surface area (Å²) in [5, 5.41) is 9.60. The minimum Gasteiger partial charge on any atom is -0.368 e. The van der Waals surface area contributed by atoms with E-state index in [1.54, 1.807) is 18.3 Å². The van der Waals surface area contributed by atoms with E-state index < -0.39 is 0 Å². The summed E-state index contributed by atoms with van der Waals surface area (Å²) in [6.07, 6.45) is 2.38. The van der Waals surface area contributed by atoms with Gasteiger partial charge in [-0.25, -0.2) is 4.39 Å². The van der Waals surface area contributed by atoms with Crippen molar-refractivity contribution < 1.29 is 9.18 Å². The number of halogens is 2. The molecule has 22 heavy (non-hydrogen) atoms. The Bertz CT molecular complexity index is 675. The van der Waals surface area contributed by atoms with Crippen LogP contribution in [-0.4, -0.2) is 29.2 Å². The van der Waals surface area contributed by atoms with E-state index in [2.05, 4.69) is 31.4 Å². The van der Waals surface area contributed by atoms with E-state index in [1.807, 2.05) is 11.0 Å². The Labute approximate surface area is 136 Å². The van der Waals surface area contributed by atoms with E-state index >= 15 is 0 Å². The first-order chi connectivity index (χ1) is 10.6. The second-order valence-electron chi connectivity index (χ2n) is 5.30. The molecule has 0 spiro atoms. The van der Waals surface area contributed by atoms with Crippen molar-refractivity contribution in [1.29, 1.82) is 0 Å². The van der Waals surface area contributed by atoms with Crippen molar-refractivity contribution in [3.05, 3.63) is 46.4 Å². The van der Waals surface area contributed by atoms with Gasteiger partial charge in [0.05, 0.1) is 34.5 Å². The monoisotopic (exact) mass is 366 g/mol. The fourth-order valence-corrected chi connectivity index (χ4v) is 2.97. The standard InChI is InChI=1S/C15H16BrFN4O/c16-11-7-19-20-13(11)8-18-15(22)10-5-6-21(9-10)14-4-2-1-3-12(14)17/h1-4,7,10H,5-6,8-9H2,(H,18,22)(H,19,20). The molecular weight excluding hydrogens is 351 g/mol. The maximum absolute atomic E-state index is 13.8. The number of rotatable bonds is 4. The van der Waals surface area contributed by atoms with Gasteiger partial charge in [-0.15, -0.1) is 0 Å². The summed E-state index contributed by atoms with van der Waals surface area (Å²) in [6, 6.07) is 6.67. The van der Waals surface area contributed by atoms with E-state index in [0.29, 0.717) is 25.3 Å². The van der Waals surface area contributed by atoms with Gasteiger partial charge in [0.2, 0.25) is 5.91 Å². The summed E-state index contributed by atoms with van der Waals surface area (Å²) in [5.41, 5.74) is 1.39. The second kappa shape index (κ2) is 6.48. The molecule has 1 aromatic heterocycles. The number of benzene rings is 1. The highest BCUT2D eigenvalue weighted by atomic mass is 79.9. The fourth-order valence-electron chi connectivity index (χ4n) is 2.64. The number of carbonyl (C=O) groups is 1. The molecule has 0 saturated carbocycles. The zero-order chi connectivity index (χ0) is 15.5. The van der Waals surface area contributed by atoms with Crippen LogP contribution in [0.15, 0.2) is 34.9 Å². The normalized spacial score (nSPS) is 17.7. The molecule has 2 aromatic rings. The first kappa shape index (κ1) is 15.0. The van der Waals surface area contributed by atoms with Gasteiger partial charge in [-0.1, -0.05) is 12.1 Å². The molecule has 5 nitrogen and oxygen atoms in total. The van der Waals surface area contributed by atoms with Crippen LogP contribution < -0.4 is 10.2 Å². The summed E-state index contributed by atoms with van der Waals surface area (Å²) in [7, 11) is 0. The Balaban J connectivity index is 1.57. The minimum atomic E-state index is -0.245. The lowest BCUT2D eigenvalue weighted by molar-refractivity contribution is -0.124. The van der Waals surface area contributed by atoms with Crippen molar-refractivity contribution in [2.24, 2.45) is 5.92 Å². The average Bonchev–Trinajstić information content (AvgIpc) is 3.14. The first-order valence-corrected chi connectivity index (χ1v) is 7.89. The van der Waals surface area contributed by atoms with Crippen LogP contribution in [0.25, 0.3) is 0 Å². The van der Waals surface area contributed by atoms with Crippen molar-refractivity contribution in [2.45, 2.75) is 13.0 Å². The van der Waals surface area contributed by atoms with Crippen LogP contribution in [0.1, 0.15) is 12.1 Å². The summed E-state index contributed by atoms with van der Waals surface area (Å²) >= 11 is 3.35. The number of amides is 1. The molecule has 1 unspecified atom stereocenters. The van der Waals surface area contributed by atoms with E-state index in [0.717, 1.165) is 16.6 Å². The number of hydrogen-bond acceptors (Lipinski definition) is 3. The zero-order valence-electron chi connectivity index (χ0n) is 11.9. The lowest BCUT2D eigenvalue weighted by atomic mass is 10.1. The van der Waals surface area contributed by atoms with Crippen LogP contribution in [0.3, 0.4) is 0 Å². The number of H-pyrrole nitrogens is 1. The van der Waals surface area contributed by atoms with E-state index in [4.69, 9.17) is 0 Å². The summed E-state index contributed by atoms with van der Waals surface area (Å²) < 4.78 is 14.6. The Morgan fingerprint density at radius 1 is 1.50 bits per heavy atom. The molecule has 2 N–H and O–H groups in total. The molecule has 2 heterocycles. The van der Waals surface area contributed by atoms with Crippen LogP contribution in [0.2, 0.25) is 0 Å². The maximum Gasteiger partial charge on any atom is 0.225 e. The minimum absolute atomic E-state index is 0.0136. The largest absolute Gasteiger partial charge is 0.368 e. The lowest BCUT2D eigenvalue weighted by Gasteiger charge is -2.19. The van der Waals surface area contributed by atoms with E-state index in [9.17, 15) is 9.18 Å². The summed E-state index contributed by atoms with van der Waals surface area (Å²) in [4.78, 5) is 14.2. The van der Waals surface area contributed by atoms with Crippen LogP contribution in [0.5, 0.6) is 0 Å². The molecular formula is C15H16BrFN4O. The summed E-state index contributed by atoms with van der Waals surface area (Å²) in [5.74, 6) is -0.383. The number of anilines is 1. The number of aromatic nitrogens is 2. The van der Waals surface area contributed by atoms with Gasteiger partial charge < -0.3 is 10.2 Å². The van der Waals surface area contributed by atoms with Crippen LogP contribution in [0, 0.1) is 11.7 Å². The van der Waals surface area contributed by atoms with Gasteiger partial charge in [0, 0.05) is 13.1 Å². The lowest BCUT2D eigenvalue weighted by Crippen LogP contribution is -2.32. The molecule has 0 radical (unpaired) electrons. The highest BCUT2D eigenvalue weighted by Crippen LogP contribution is 2.26. The molecule has 1 saturated heterocycles. The topological polar surface area (TPSA) is 61.0 Å². The van der Waals surface area contributed by atoms with Crippen molar-refractivity contribution in [2.75, 3.05) is 18.0 Å². The van der Waals surface area contributed by atoms with Crippen molar-refractivity contribution >= 4 is 27.5 Å². The van der Waals surface area contributed by atoms with Crippen molar-refractivity contribution in [3.63, 3.8) is 0 Å². The SMILES string of the molecule is O=C(NCc1[nH]ncc1Br)C1CCN(c2ccccc2F)C1. The first-order valence-electron chi connectivity index (χ1n) is 7.10. The number of aromatic amines is 1. The van der Waals surface area contributed by atoms with Crippen LogP contribution in [0.4, 0.5) is 10.1 Å². The number of para-hydroxylation sites is 1. The van der Waals surface area contributed by atoms with Gasteiger partial charge in [0.1, 0.15) is 5.82 Å². The average molecular weight is 367 g/mol. The van der Waals surface area contributed by atoms with E-state index in [1.165, 1.54) is 6.07 Å². The molecule has 1 aliphatic rings. The number of nitrogens with zero attached hydrogens (tertiary/aromatic N) is 2. The summed E-state index contributed by atoms with van der Waals surface area (Å²) in [6.45, 7) is 1.62. The van der Waals surface area contributed by atoms with Gasteiger partial charge in [-0.2, -0.15) is 5.10 Å². The number of nitrogens with one attached hydrogen (secondary N) is 2. The van der Waals surface area contributed by atoms with E-state index in [-0.39, 0.29) is 17.6 Å². The third-order valence-electron chi connectivity index (χ3n) is 3.86. The molecule has 1 amide bonds. The van der Waals surface area contributed by atoms with Gasteiger partial charge in [0.25, 0.3) is 0 Å². The highest BCUT2D eigenvalue weighted by Gasteiger charge is 2.29. The van der Waals surface area contributed by atoms with Gasteiger partial charge in [0.15, 0.2) is 0 Å². The highest BCUT2D eigenvalue weighted by molar-refractivity contribution is 9.10. The molecule has 116 valence electrons.